The van der Waals surface area contributed by atoms with Gasteiger partial charge in [0, 0.05) is 26.2 Å². The fourth-order valence-electron chi connectivity index (χ4n) is 5.20. The van der Waals surface area contributed by atoms with E-state index < -0.39 is 86.1 Å². The van der Waals surface area contributed by atoms with Gasteiger partial charge in [0.2, 0.25) is 19.0 Å². The second-order valence-electron chi connectivity index (χ2n) is 11.8. The van der Waals surface area contributed by atoms with Crippen LogP contribution < -0.4 is 20.9 Å². The molecule has 1 aromatic carbocycles. The zero-order valence-electron chi connectivity index (χ0n) is 28.4. The molecular weight excluding hydrogens is 683 g/mol. The number of aromatic nitrogens is 1. The van der Waals surface area contributed by atoms with E-state index in [2.05, 4.69) is 0 Å². The molecule has 3 heterocycles. The normalized spacial score (nSPS) is 17.2. The SMILES string of the molecule is CC(C)OC(=O)OCOP(=O)(CCN1n2cc(C(N)=O)c(=O)c(OCc3ccccc3)c2C(=O)N(C)[C@@]12CCOC2)OCOC(=O)OC(C)C. The minimum absolute atomic E-state index is 0.0206. The minimum atomic E-state index is -4.33. The Kier molecular flexibility index (Phi) is 12.5. The fraction of sp³-hybridized carbons (Fsp3) is 0.516. The van der Waals surface area contributed by atoms with Gasteiger partial charge in [-0.05, 0) is 33.3 Å². The van der Waals surface area contributed by atoms with E-state index >= 15 is 0 Å². The van der Waals surface area contributed by atoms with Gasteiger partial charge in [0.1, 0.15) is 12.2 Å². The summed E-state index contributed by atoms with van der Waals surface area (Å²) in [6.07, 6.45) is -2.31. The van der Waals surface area contributed by atoms with Crippen molar-refractivity contribution in [2.45, 2.75) is 58.6 Å². The predicted octanol–water partition coefficient (Wildman–Crippen LogP) is 2.93. The van der Waals surface area contributed by atoms with E-state index in [-0.39, 0.29) is 38.5 Å². The Labute approximate surface area is 287 Å². The van der Waals surface area contributed by atoms with Crippen molar-refractivity contribution in [3.8, 4) is 5.75 Å². The Balaban J connectivity index is 1.71. The summed E-state index contributed by atoms with van der Waals surface area (Å²) in [6.45, 7) is 4.50. The number of nitrogens with two attached hydrogens (primary N) is 1. The Hall–Kier alpha value is -4.64. The molecule has 18 nitrogen and oxygen atoms in total. The monoisotopic (exact) mass is 724 g/mol. The highest BCUT2D eigenvalue weighted by molar-refractivity contribution is 7.53. The van der Waals surface area contributed by atoms with Crippen LogP contribution in [0, 0.1) is 0 Å². The predicted molar refractivity (Wildman–Crippen MR) is 173 cm³/mol. The van der Waals surface area contributed by atoms with E-state index in [0.717, 1.165) is 6.20 Å². The third-order valence-electron chi connectivity index (χ3n) is 7.59. The number of likely N-dealkylation sites (N-methyl/N-ethyl adjacent to an activating group) is 1. The van der Waals surface area contributed by atoms with Gasteiger partial charge in [-0.1, -0.05) is 30.3 Å². The highest BCUT2D eigenvalue weighted by Crippen LogP contribution is 2.49. The van der Waals surface area contributed by atoms with Crippen molar-refractivity contribution in [3.63, 3.8) is 0 Å². The molecule has 2 N–H and O–H groups in total. The summed E-state index contributed by atoms with van der Waals surface area (Å²) in [5.74, 6) is -2.12. The maximum atomic E-state index is 14.1. The first-order valence-corrected chi connectivity index (χ1v) is 17.3. The molecule has 0 aliphatic carbocycles. The molecule has 2 aliphatic heterocycles. The van der Waals surface area contributed by atoms with Gasteiger partial charge in [-0.2, -0.15) is 0 Å². The quantitative estimate of drug-likeness (QED) is 0.159. The lowest BCUT2D eigenvalue weighted by molar-refractivity contribution is -0.0302. The topological polar surface area (TPSA) is 214 Å². The maximum absolute atomic E-state index is 14.1. The highest BCUT2D eigenvalue weighted by atomic mass is 31.2. The molecule has 1 spiro atoms. The number of nitrogens with zero attached hydrogens (tertiary/aromatic N) is 3. The second kappa shape index (κ2) is 16.4. The van der Waals surface area contributed by atoms with Gasteiger partial charge in [-0.25, -0.2) is 9.59 Å². The minimum Gasteiger partial charge on any atom is -0.482 e. The van der Waals surface area contributed by atoms with Gasteiger partial charge in [-0.3, -0.25) is 37.7 Å². The average Bonchev–Trinajstić information content (AvgIpc) is 3.53. The Bertz CT molecular complexity index is 1630. The van der Waals surface area contributed by atoms with Crippen molar-refractivity contribution >= 4 is 31.7 Å². The van der Waals surface area contributed by atoms with E-state index in [1.807, 2.05) is 0 Å². The van der Waals surface area contributed by atoms with Crippen LogP contribution in [0.25, 0.3) is 0 Å². The molecule has 1 atom stereocenters. The first-order valence-electron chi connectivity index (χ1n) is 15.6. The summed E-state index contributed by atoms with van der Waals surface area (Å²) >= 11 is 0. The molecule has 1 fully saturated rings. The molecule has 2 aliphatic rings. The number of pyridine rings is 1. The lowest BCUT2D eigenvalue weighted by Crippen LogP contribution is -2.70. The summed E-state index contributed by atoms with van der Waals surface area (Å²) in [4.78, 5) is 65.3. The Morgan fingerprint density at radius 2 is 1.58 bits per heavy atom. The van der Waals surface area contributed by atoms with Gasteiger partial charge in [-0.15, -0.1) is 0 Å². The summed E-state index contributed by atoms with van der Waals surface area (Å²) in [7, 11) is -2.82. The van der Waals surface area contributed by atoms with Crippen molar-refractivity contribution in [1.82, 2.24) is 9.58 Å². The molecule has 274 valence electrons. The van der Waals surface area contributed by atoms with E-state index in [9.17, 15) is 28.5 Å². The molecule has 50 heavy (non-hydrogen) atoms. The number of hydrogen-bond donors (Lipinski definition) is 1. The van der Waals surface area contributed by atoms with Crippen molar-refractivity contribution < 1.29 is 61.2 Å². The zero-order valence-corrected chi connectivity index (χ0v) is 29.3. The molecule has 0 unspecified atom stereocenters. The Morgan fingerprint density at radius 3 is 2.10 bits per heavy atom. The molecule has 0 radical (unpaired) electrons. The molecule has 0 bridgehead atoms. The number of amides is 2. The summed E-state index contributed by atoms with van der Waals surface area (Å²) in [5.41, 5.74) is 3.47. The number of fused-ring (bicyclic) bond motifs is 1. The van der Waals surface area contributed by atoms with Crippen molar-refractivity contribution in [1.29, 1.82) is 0 Å². The molecule has 4 rings (SSSR count). The van der Waals surface area contributed by atoms with Crippen LogP contribution in [0.3, 0.4) is 0 Å². The Morgan fingerprint density at radius 1 is 0.980 bits per heavy atom. The molecule has 2 aromatic rings. The third-order valence-corrected chi connectivity index (χ3v) is 9.34. The van der Waals surface area contributed by atoms with Crippen LogP contribution >= 0.6 is 7.60 Å². The summed E-state index contributed by atoms with van der Waals surface area (Å²) in [5, 5.41) is 1.55. The van der Waals surface area contributed by atoms with E-state index in [1.54, 1.807) is 63.0 Å². The molecular formula is C31H41N4O14P. The van der Waals surface area contributed by atoms with Crippen LogP contribution in [0.1, 0.15) is 60.5 Å². The highest BCUT2D eigenvalue weighted by Gasteiger charge is 2.53. The van der Waals surface area contributed by atoms with Gasteiger partial charge in [0.25, 0.3) is 11.8 Å². The van der Waals surface area contributed by atoms with Crippen LogP contribution in [-0.4, -0.2) is 98.1 Å². The number of primary amides is 1. The largest absolute Gasteiger partial charge is 0.510 e. The smallest absolute Gasteiger partial charge is 0.482 e. The number of carbonyl (C=O) groups excluding carboxylic acids is 4. The second-order valence-corrected chi connectivity index (χ2v) is 13.9. The maximum Gasteiger partial charge on any atom is 0.510 e. The summed E-state index contributed by atoms with van der Waals surface area (Å²) in [6, 6.07) is 8.84. The summed E-state index contributed by atoms with van der Waals surface area (Å²) < 4.78 is 57.3. The molecule has 1 aromatic heterocycles. The van der Waals surface area contributed by atoms with Crippen LogP contribution in [0.4, 0.5) is 9.59 Å². The van der Waals surface area contributed by atoms with Crippen LogP contribution in [0.2, 0.25) is 0 Å². The molecule has 19 heteroatoms. The lowest BCUT2D eigenvalue weighted by atomic mass is 10.0. The first-order chi connectivity index (χ1) is 23.7. The standard InChI is InChI=1S/C31H41N4O14P/c1-20(2)48-29(39)44-18-46-50(41,47-19-45-30(40)49-21(3)4)14-12-35-31(11-13-42-17-31)33(5)28(38)24-26(43-16-22-9-7-6-8-10-22)25(36)23(27(32)37)15-34(24)35/h6-10,15,20-21H,11-14,16-19H2,1-5H3,(H2,32,37)/t31-/m0/s1. The fourth-order valence-corrected chi connectivity index (χ4v) is 6.39. The van der Waals surface area contributed by atoms with Crippen molar-refractivity contribution in [3.05, 3.63) is 63.6 Å². The van der Waals surface area contributed by atoms with E-state index in [4.69, 9.17) is 43.2 Å². The molecule has 1 saturated heterocycles. The van der Waals surface area contributed by atoms with Crippen LogP contribution in [-0.2, 0) is 43.9 Å². The third kappa shape index (κ3) is 8.93. The number of benzene rings is 1. The lowest BCUT2D eigenvalue weighted by Gasteiger charge is -2.52. The van der Waals surface area contributed by atoms with Gasteiger partial charge >= 0.3 is 19.9 Å². The van der Waals surface area contributed by atoms with Crippen molar-refractivity contribution in [2.24, 2.45) is 5.73 Å². The van der Waals surface area contributed by atoms with Gasteiger partial charge in [0.05, 0.1) is 31.6 Å². The number of ether oxygens (including phenoxy) is 6. The number of rotatable bonds is 15. The zero-order chi connectivity index (χ0) is 36.6. The van der Waals surface area contributed by atoms with Gasteiger partial charge in [0.15, 0.2) is 17.1 Å². The number of hydrogen-bond acceptors (Lipinski definition) is 15. The van der Waals surface area contributed by atoms with Crippen LogP contribution in [0.5, 0.6) is 5.75 Å². The van der Waals surface area contributed by atoms with Crippen molar-refractivity contribution in [2.75, 3.05) is 51.6 Å². The van der Waals surface area contributed by atoms with E-state index in [0.29, 0.717) is 5.56 Å². The first kappa shape index (κ1) is 38.2. The van der Waals surface area contributed by atoms with Gasteiger partial charge < -0.3 is 39.1 Å². The number of carbonyl (C=O) groups is 4. The van der Waals surface area contributed by atoms with E-state index in [1.165, 1.54) is 16.6 Å². The molecule has 2 amide bonds. The molecule has 0 saturated carbocycles. The van der Waals surface area contributed by atoms with Crippen LogP contribution in [0.15, 0.2) is 41.3 Å². The average molecular weight is 725 g/mol.